The number of hydrogen-bond acceptors (Lipinski definition) is 2. The molecule has 1 spiro atoms. The Balaban J connectivity index is 1.54. The minimum atomic E-state index is -0.988. The number of halogens is 2. The maximum atomic E-state index is 13.7. The third-order valence-electron chi connectivity index (χ3n) is 6.10. The molecule has 0 aromatic heterocycles. The summed E-state index contributed by atoms with van der Waals surface area (Å²) in [6.45, 7) is 0.309. The van der Waals surface area contributed by atoms with Gasteiger partial charge in [-0.1, -0.05) is 47.5 Å². The van der Waals surface area contributed by atoms with E-state index in [4.69, 9.17) is 23.2 Å². The fourth-order valence-electron chi connectivity index (χ4n) is 4.60. The van der Waals surface area contributed by atoms with Crippen molar-refractivity contribution in [2.75, 3.05) is 4.90 Å². The van der Waals surface area contributed by atoms with Crippen molar-refractivity contribution < 1.29 is 14.7 Å². The van der Waals surface area contributed by atoms with E-state index in [0.29, 0.717) is 23.0 Å². The molecule has 1 aliphatic heterocycles. The van der Waals surface area contributed by atoms with Crippen LogP contribution in [0.25, 0.3) is 0 Å². The Morgan fingerprint density at radius 1 is 1.03 bits per heavy atom. The lowest BCUT2D eigenvalue weighted by Crippen LogP contribution is -2.32. The Bertz CT molecular complexity index is 1190. The number of amides is 1. The largest absolute Gasteiger partial charge is 0.478 e. The number of carbonyl (C=O) groups is 2. The molecule has 1 amide bonds. The van der Waals surface area contributed by atoms with E-state index >= 15 is 0 Å². The molecule has 3 aromatic carbocycles. The SMILES string of the molecule is O=C(O)c1cccc(CN2C(=O)[C@]3(C[C@@H]3c3ccc(Cl)cc3)c3cc(Cl)ccc32)c1. The van der Waals surface area contributed by atoms with E-state index in [1.165, 1.54) is 0 Å². The molecule has 2 aliphatic rings. The maximum Gasteiger partial charge on any atom is 0.335 e. The second-order valence-electron chi connectivity index (χ2n) is 7.84. The van der Waals surface area contributed by atoms with Gasteiger partial charge in [-0.2, -0.15) is 0 Å². The highest BCUT2D eigenvalue weighted by atomic mass is 35.5. The standard InChI is InChI=1S/C24H17Cl2NO3/c25-17-6-4-15(5-7-17)20-12-24(20)19-11-18(26)8-9-21(19)27(23(24)30)13-14-2-1-3-16(10-14)22(28)29/h1-11,20H,12-13H2,(H,28,29)/t20-,24-/m1/s1. The molecular weight excluding hydrogens is 421 g/mol. The zero-order valence-corrected chi connectivity index (χ0v) is 17.3. The van der Waals surface area contributed by atoms with Gasteiger partial charge in [0.2, 0.25) is 5.91 Å². The van der Waals surface area contributed by atoms with E-state index in [-0.39, 0.29) is 17.4 Å². The third-order valence-corrected chi connectivity index (χ3v) is 6.59. The zero-order chi connectivity index (χ0) is 21.0. The van der Waals surface area contributed by atoms with Crippen LogP contribution in [-0.4, -0.2) is 17.0 Å². The predicted molar refractivity (Wildman–Crippen MR) is 117 cm³/mol. The van der Waals surface area contributed by atoms with Gasteiger partial charge in [0.05, 0.1) is 17.5 Å². The fourth-order valence-corrected chi connectivity index (χ4v) is 4.90. The summed E-state index contributed by atoms with van der Waals surface area (Å²) in [5.41, 5.74) is 3.20. The highest BCUT2D eigenvalue weighted by Gasteiger charge is 2.67. The molecule has 1 saturated carbocycles. The molecule has 1 fully saturated rings. The van der Waals surface area contributed by atoms with Gasteiger partial charge < -0.3 is 10.0 Å². The van der Waals surface area contributed by atoms with Crippen LogP contribution in [0.1, 0.15) is 39.4 Å². The number of anilines is 1. The molecule has 1 heterocycles. The molecule has 1 aliphatic carbocycles. The number of nitrogens with zero attached hydrogens (tertiary/aromatic N) is 1. The summed E-state index contributed by atoms with van der Waals surface area (Å²) < 4.78 is 0. The average Bonchev–Trinajstić information content (AvgIpc) is 3.45. The Morgan fingerprint density at radius 2 is 1.77 bits per heavy atom. The number of fused-ring (bicyclic) bond motifs is 2. The second kappa shape index (κ2) is 6.86. The summed E-state index contributed by atoms with van der Waals surface area (Å²) >= 11 is 12.3. The normalized spacial score (nSPS) is 21.7. The summed E-state index contributed by atoms with van der Waals surface area (Å²) in [4.78, 5) is 26.7. The number of carbonyl (C=O) groups excluding carboxylic acids is 1. The van der Waals surface area contributed by atoms with Gasteiger partial charge in [0, 0.05) is 21.7 Å². The molecule has 30 heavy (non-hydrogen) atoms. The van der Waals surface area contributed by atoms with Gasteiger partial charge in [0.25, 0.3) is 0 Å². The first kappa shape index (κ1) is 19.2. The van der Waals surface area contributed by atoms with Crippen LogP contribution in [0.4, 0.5) is 5.69 Å². The third kappa shape index (κ3) is 2.91. The summed E-state index contributed by atoms with van der Waals surface area (Å²) in [7, 11) is 0. The highest BCUT2D eigenvalue weighted by molar-refractivity contribution is 6.31. The van der Waals surface area contributed by atoms with Crippen LogP contribution >= 0.6 is 23.2 Å². The number of aromatic carboxylic acids is 1. The predicted octanol–water partition coefficient (Wildman–Crippen LogP) is 5.66. The van der Waals surface area contributed by atoms with Crippen molar-refractivity contribution in [1.82, 2.24) is 0 Å². The molecule has 5 rings (SSSR count). The second-order valence-corrected chi connectivity index (χ2v) is 8.71. The van der Waals surface area contributed by atoms with E-state index < -0.39 is 11.4 Å². The van der Waals surface area contributed by atoms with Crippen LogP contribution in [0.2, 0.25) is 10.0 Å². The van der Waals surface area contributed by atoms with E-state index in [9.17, 15) is 14.7 Å². The lowest BCUT2D eigenvalue weighted by molar-refractivity contribution is -0.120. The van der Waals surface area contributed by atoms with Gasteiger partial charge in [-0.05, 0) is 65.6 Å². The van der Waals surface area contributed by atoms with Gasteiger partial charge >= 0.3 is 5.97 Å². The molecule has 4 nitrogen and oxygen atoms in total. The topological polar surface area (TPSA) is 57.6 Å². The van der Waals surface area contributed by atoms with Crippen LogP contribution in [-0.2, 0) is 16.8 Å². The first-order valence-electron chi connectivity index (χ1n) is 9.60. The molecule has 1 N–H and O–H groups in total. The Labute approximate surface area is 183 Å². The monoisotopic (exact) mass is 437 g/mol. The average molecular weight is 438 g/mol. The van der Waals surface area contributed by atoms with Crippen molar-refractivity contribution >= 4 is 40.8 Å². The summed E-state index contributed by atoms with van der Waals surface area (Å²) in [5.74, 6) is -0.895. The molecule has 0 bridgehead atoms. The van der Waals surface area contributed by atoms with Crippen molar-refractivity contribution in [1.29, 1.82) is 0 Å². The molecule has 0 radical (unpaired) electrons. The van der Waals surface area contributed by atoms with Gasteiger partial charge in [0.1, 0.15) is 0 Å². The van der Waals surface area contributed by atoms with Crippen molar-refractivity contribution in [3.8, 4) is 0 Å². The highest BCUT2D eigenvalue weighted by Crippen LogP contribution is 2.66. The minimum absolute atomic E-state index is 0.0282. The van der Waals surface area contributed by atoms with Crippen LogP contribution in [0.3, 0.4) is 0 Å². The van der Waals surface area contributed by atoms with Crippen LogP contribution in [0, 0.1) is 0 Å². The summed E-state index contributed by atoms with van der Waals surface area (Å²) in [6.07, 6.45) is 0.715. The Morgan fingerprint density at radius 3 is 2.50 bits per heavy atom. The van der Waals surface area contributed by atoms with Gasteiger partial charge in [-0.3, -0.25) is 4.79 Å². The summed E-state index contributed by atoms with van der Waals surface area (Å²) in [5, 5.41) is 10.5. The smallest absolute Gasteiger partial charge is 0.335 e. The molecule has 150 valence electrons. The first-order valence-corrected chi connectivity index (χ1v) is 10.4. The van der Waals surface area contributed by atoms with Crippen molar-refractivity contribution in [2.45, 2.75) is 24.3 Å². The van der Waals surface area contributed by atoms with Gasteiger partial charge in [-0.25, -0.2) is 4.79 Å². The van der Waals surface area contributed by atoms with Crippen molar-refractivity contribution in [2.24, 2.45) is 0 Å². The summed E-state index contributed by atoms with van der Waals surface area (Å²) in [6, 6.07) is 19.9. The lowest BCUT2D eigenvalue weighted by atomic mass is 9.92. The van der Waals surface area contributed by atoms with E-state index in [1.807, 2.05) is 42.5 Å². The van der Waals surface area contributed by atoms with Crippen LogP contribution in [0.5, 0.6) is 0 Å². The molecule has 0 unspecified atom stereocenters. The van der Waals surface area contributed by atoms with E-state index in [1.54, 1.807) is 29.2 Å². The first-order chi connectivity index (χ1) is 14.4. The fraction of sp³-hybridized carbons (Fsp3) is 0.167. The molecule has 2 atom stereocenters. The molecule has 6 heteroatoms. The van der Waals surface area contributed by atoms with E-state index in [2.05, 4.69) is 0 Å². The quantitative estimate of drug-likeness (QED) is 0.572. The van der Waals surface area contributed by atoms with E-state index in [0.717, 1.165) is 22.4 Å². The van der Waals surface area contributed by atoms with Crippen molar-refractivity contribution in [3.63, 3.8) is 0 Å². The Kier molecular flexibility index (Phi) is 4.38. The molecule has 0 saturated heterocycles. The molecule has 3 aromatic rings. The number of carboxylic acids is 1. The number of benzene rings is 3. The number of rotatable bonds is 4. The van der Waals surface area contributed by atoms with Crippen molar-refractivity contribution in [3.05, 3.63) is 99.0 Å². The van der Waals surface area contributed by atoms with Crippen LogP contribution in [0.15, 0.2) is 66.7 Å². The van der Waals surface area contributed by atoms with Gasteiger partial charge in [0.15, 0.2) is 0 Å². The Hall–Kier alpha value is -2.82. The molecular formula is C24H17Cl2NO3. The maximum absolute atomic E-state index is 13.7. The number of carboxylic acid groups (broad SMARTS) is 1. The van der Waals surface area contributed by atoms with Gasteiger partial charge in [-0.15, -0.1) is 0 Å². The minimum Gasteiger partial charge on any atom is -0.478 e. The zero-order valence-electron chi connectivity index (χ0n) is 15.8. The number of hydrogen-bond donors (Lipinski definition) is 1. The lowest BCUT2D eigenvalue weighted by Gasteiger charge is -2.19. The van der Waals surface area contributed by atoms with Crippen LogP contribution < -0.4 is 4.90 Å².